The van der Waals surface area contributed by atoms with E-state index in [0.717, 1.165) is 77.0 Å². The molecule has 0 radical (unpaired) electrons. The highest BCUT2D eigenvalue weighted by atomic mass is 16.6. The van der Waals surface area contributed by atoms with Crippen LogP contribution in [0.25, 0.3) is 0 Å². The summed E-state index contributed by atoms with van der Waals surface area (Å²) in [6.45, 7) is 4.04. The molecule has 0 aliphatic heterocycles. The van der Waals surface area contributed by atoms with Crippen molar-refractivity contribution in [3.8, 4) is 0 Å². The highest BCUT2D eigenvalue weighted by Crippen LogP contribution is 2.16. The maximum atomic E-state index is 12.3. The van der Waals surface area contributed by atoms with Gasteiger partial charge in [0.25, 0.3) is 0 Å². The smallest absolute Gasteiger partial charge is 0.306 e. The molecule has 5 heteroatoms. The molecular formula is C63H110O5. The molecule has 0 aromatic carbocycles. The van der Waals surface area contributed by atoms with Crippen molar-refractivity contribution in [3.63, 3.8) is 0 Å². The van der Waals surface area contributed by atoms with Crippen LogP contribution in [0.15, 0.2) is 85.1 Å². The van der Waals surface area contributed by atoms with E-state index in [2.05, 4.69) is 98.9 Å². The van der Waals surface area contributed by atoms with E-state index in [9.17, 15) is 14.7 Å². The monoisotopic (exact) mass is 947 g/mol. The lowest BCUT2D eigenvalue weighted by Crippen LogP contribution is -2.28. The summed E-state index contributed by atoms with van der Waals surface area (Å²) in [6.07, 6.45) is 81.3. The molecule has 0 saturated heterocycles. The summed E-state index contributed by atoms with van der Waals surface area (Å²) < 4.78 is 10.7. The average Bonchev–Trinajstić information content (AvgIpc) is 3.34. The van der Waals surface area contributed by atoms with Crippen LogP contribution in [0.1, 0.15) is 284 Å². The van der Waals surface area contributed by atoms with E-state index in [0.29, 0.717) is 12.8 Å². The van der Waals surface area contributed by atoms with Gasteiger partial charge in [-0.05, 0) is 89.9 Å². The number of rotatable bonds is 53. The van der Waals surface area contributed by atoms with Crippen molar-refractivity contribution < 1.29 is 24.2 Å². The van der Waals surface area contributed by atoms with Crippen molar-refractivity contribution in [2.24, 2.45) is 0 Å². The normalized spacial score (nSPS) is 12.8. The summed E-state index contributed by atoms with van der Waals surface area (Å²) in [5, 5.41) is 9.66. The summed E-state index contributed by atoms with van der Waals surface area (Å²) in [4.78, 5) is 24.5. The number of aliphatic hydroxyl groups excluding tert-OH is 1. The molecule has 0 heterocycles. The van der Waals surface area contributed by atoms with Crippen LogP contribution in [0.5, 0.6) is 0 Å². The predicted octanol–water partition coefficient (Wildman–Crippen LogP) is 19.8. The molecular weight excluding hydrogens is 837 g/mol. The lowest BCUT2D eigenvalue weighted by Gasteiger charge is -2.15. The summed E-state index contributed by atoms with van der Waals surface area (Å²) in [5.74, 6) is -0.588. The van der Waals surface area contributed by atoms with Crippen molar-refractivity contribution >= 4 is 11.9 Å². The second-order valence-corrected chi connectivity index (χ2v) is 19.3. The van der Waals surface area contributed by atoms with Gasteiger partial charge in [0.15, 0.2) is 6.10 Å². The van der Waals surface area contributed by atoms with Gasteiger partial charge in [0.1, 0.15) is 6.61 Å². The fraction of sp³-hybridized carbons (Fsp3) is 0.746. The molecule has 0 aliphatic rings. The van der Waals surface area contributed by atoms with Gasteiger partial charge in [0, 0.05) is 12.8 Å². The van der Waals surface area contributed by atoms with Gasteiger partial charge < -0.3 is 14.6 Å². The molecule has 0 bridgehead atoms. The standard InChI is InChI=1S/C63H110O5/c1-3-5-7-9-11-13-15-17-19-21-23-25-26-27-28-29-30-31-32-33-34-35-36-38-40-42-44-46-48-50-52-54-56-58-63(66)68-61(59-64)60-67-62(65)57-55-53-51-49-47-45-43-41-39-37-24-22-20-18-16-14-12-10-8-6-4-2/h5,7,11,13,16-19,22-25,27-28,61,64H,3-4,6,8-10,12,14-15,20-21,26,29-60H2,1-2H3/b7-5-,13-11-,18-16-,19-17-,24-22-,25-23-,28-27-. The predicted molar refractivity (Wildman–Crippen MR) is 297 cm³/mol. The van der Waals surface area contributed by atoms with Crippen LogP contribution in [0.3, 0.4) is 0 Å². The van der Waals surface area contributed by atoms with Crippen LogP contribution in [-0.4, -0.2) is 36.4 Å². The first-order valence-electron chi connectivity index (χ1n) is 29.1. The van der Waals surface area contributed by atoms with Gasteiger partial charge in [-0.25, -0.2) is 0 Å². The van der Waals surface area contributed by atoms with Crippen LogP contribution < -0.4 is 0 Å². The molecule has 0 saturated carbocycles. The van der Waals surface area contributed by atoms with E-state index < -0.39 is 6.10 Å². The lowest BCUT2D eigenvalue weighted by atomic mass is 10.0. The molecule has 1 N–H and O–H groups in total. The number of aliphatic hydroxyl groups is 1. The number of ether oxygens (including phenoxy) is 2. The average molecular weight is 948 g/mol. The summed E-state index contributed by atoms with van der Waals surface area (Å²) in [5.41, 5.74) is 0. The Morgan fingerprint density at radius 2 is 0.632 bits per heavy atom. The Bertz CT molecular complexity index is 1250. The van der Waals surface area contributed by atoms with Crippen LogP contribution in [0.4, 0.5) is 0 Å². The third-order valence-corrected chi connectivity index (χ3v) is 12.7. The first-order chi connectivity index (χ1) is 33.6. The number of hydrogen-bond acceptors (Lipinski definition) is 5. The lowest BCUT2D eigenvalue weighted by molar-refractivity contribution is -0.161. The minimum absolute atomic E-state index is 0.0684. The van der Waals surface area contributed by atoms with E-state index >= 15 is 0 Å². The molecule has 1 unspecified atom stereocenters. The molecule has 0 rings (SSSR count). The number of hydrogen-bond donors (Lipinski definition) is 1. The third kappa shape index (κ3) is 55.7. The second-order valence-electron chi connectivity index (χ2n) is 19.3. The minimum Gasteiger partial charge on any atom is -0.462 e. The van der Waals surface area contributed by atoms with E-state index in [-0.39, 0.29) is 25.2 Å². The van der Waals surface area contributed by atoms with Crippen molar-refractivity contribution in [1.82, 2.24) is 0 Å². The van der Waals surface area contributed by atoms with Crippen molar-refractivity contribution in [2.75, 3.05) is 13.2 Å². The molecule has 0 aromatic heterocycles. The quantitative estimate of drug-likeness (QED) is 0.0374. The van der Waals surface area contributed by atoms with Crippen LogP contribution in [-0.2, 0) is 19.1 Å². The topological polar surface area (TPSA) is 72.8 Å². The van der Waals surface area contributed by atoms with E-state index in [4.69, 9.17) is 9.47 Å². The summed E-state index contributed by atoms with van der Waals surface area (Å²) >= 11 is 0. The van der Waals surface area contributed by atoms with Crippen LogP contribution in [0.2, 0.25) is 0 Å². The van der Waals surface area contributed by atoms with Gasteiger partial charge >= 0.3 is 11.9 Å². The van der Waals surface area contributed by atoms with E-state index in [1.165, 1.54) is 180 Å². The number of unbranched alkanes of at least 4 members (excludes halogenated alkanes) is 31. The highest BCUT2D eigenvalue weighted by Gasteiger charge is 2.16. The zero-order valence-electron chi connectivity index (χ0n) is 44.9. The molecule has 68 heavy (non-hydrogen) atoms. The molecule has 0 spiro atoms. The largest absolute Gasteiger partial charge is 0.462 e. The van der Waals surface area contributed by atoms with Crippen LogP contribution in [0, 0.1) is 0 Å². The summed E-state index contributed by atoms with van der Waals surface area (Å²) in [7, 11) is 0. The van der Waals surface area contributed by atoms with Gasteiger partial charge in [-0.1, -0.05) is 266 Å². The van der Waals surface area contributed by atoms with Crippen molar-refractivity contribution in [3.05, 3.63) is 85.1 Å². The molecule has 392 valence electrons. The highest BCUT2D eigenvalue weighted by molar-refractivity contribution is 5.70. The zero-order valence-corrected chi connectivity index (χ0v) is 44.9. The van der Waals surface area contributed by atoms with E-state index in [1.54, 1.807) is 0 Å². The van der Waals surface area contributed by atoms with Gasteiger partial charge in [-0.15, -0.1) is 0 Å². The maximum Gasteiger partial charge on any atom is 0.306 e. The van der Waals surface area contributed by atoms with Gasteiger partial charge in [0.05, 0.1) is 6.61 Å². The second kappa shape index (κ2) is 58.4. The number of esters is 2. The Morgan fingerprint density at radius 3 is 0.956 bits per heavy atom. The fourth-order valence-corrected chi connectivity index (χ4v) is 8.32. The SMILES string of the molecule is CC/C=C\C/C=C\C/C=C\C/C=C\C/C=C\CCCCCCCCCCCCCCCCCCCC(=O)OC(CO)COC(=O)CCCCCCCCCCC/C=C\C/C=C\CCCCCCC. The molecule has 5 nitrogen and oxygen atoms in total. The van der Waals surface area contributed by atoms with E-state index in [1.807, 2.05) is 0 Å². The number of allylic oxidation sites excluding steroid dienone is 14. The zero-order chi connectivity index (χ0) is 49.2. The van der Waals surface area contributed by atoms with Crippen molar-refractivity contribution in [2.45, 2.75) is 290 Å². The third-order valence-electron chi connectivity index (χ3n) is 12.7. The molecule has 0 fully saturated rings. The van der Waals surface area contributed by atoms with Gasteiger partial charge in [-0.3, -0.25) is 9.59 Å². The Kier molecular flexibility index (Phi) is 55.9. The summed E-state index contributed by atoms with van der Waals surface area (Å²) in [6, 6.07) is 0. The maximum absolute atomic E-state index is 12.3. The van der Waals surface area contributed by atoms with Gasteiger partial charge in [-0.2, -0.15) is 0 Å². The van der Waals surface area contributed by atoms with Gasteiger partial charge in [0.2, 0.25) is 0 Å². The number of carbonyl (C=O) groups excluding carboxylic acids is 2. The Morgan fingerprint density at radius 1 is 0.353 bits per heavy atom. The number of carbonyl (C=O) groups is 2. The first-order valence-corrected chi connectivity index (χ1v) is 29.1. The fourth-order valence-electron chi connectivity index (χ4n) is 8.32. The molecule has 1 atom stereocenters. The first kappa shape index (κ1) is 65.1. The Balaban J connectivity index is 3.47. The molecule has 0 aromatic rings. The Hall–Kier alpha value is -2.92. The molecule has 0 aliphatic carbocycles. The van der Waals surface area contributed by atoms with Crippen LogP contribution >= 0.6 is 0 Å². The molecule has 0 amide bonds. The minimum atomic E-state index is -0.777. The Labute approximate surface area is 422 Å². The van der Waals surface area contributed by atoms with Crippen molar-refractivity contribution in [1.29, 1.82) is 0 Å².